The van der Waals surface area contributed by atoms with Crippen LogP contribution in [0.25, 0.3) is 0 Å². The molecule has 17 heavy (non-hydrogen) atoms. The number of aromatic nitrogens is 1. The van der Waals surface area contributed by atoms with Gasteiger partial charge in [0.1, 0.15) is 0 Å². The first-order valence-electron chi connectivity index (χ1n) is 5.75. The number of carboxylic acid groups (broad SMARTS) is 1. The third-order valence-corrected chi connectivity index (χ3v) is 4.02. The number of hydrogen-bond acceptors (Lipinski definition) is 4. The highest BCUT2D eigenvalue weighted by Crippen LogP contribution is 2.35. The summed E-state index contributed by atoms with van der Waals surface area (Å²) >= 11 is 1.53. The van der Waals surface area contributed by atoms with Crippen LogP contribution in [0.4, 0.5) is 0 Å². The Labute approximate surface area is 105 Å². The maximum Gasteiger partial charge on any atom is 0.308 e. The van der Waals surface area contributed by atoms with Crippen LogP contribution in [-0.4, -0.2) is 39.6 Å². The molecule has 1 aromatic rings. The first-order valence-corrected chi connectivity index (χ1v) is 6.70. The topological polar surface area (TPSA) is 53.4 Å². The van der Waals surface area contributed by atoms with Crippen molar-refractivity contribution in [2.75, 3.05) is 13.1 Å². The van der Waals surface area contributed by atoms with Gasteiger partial charge in [-0.2, -0.15) is 0 Å². The Morgan fingerprint density at radius 1 is 1.53 bits per heavy atom. The fourth-order valence-electron chi connectivity index (χ4n) is 2.31. The normalized spacial score (nSPS) is 26.3. The van der Waals surface area contributed by atoms with Crippen LogP contribution in [0.15, 0.2) is 10.9 Å². The van der Waals surface area contributed by atoms with E-state index in [0.717, 1.165) is 12.2 Å². The second kappa shape index (κ2) is 4.38. The van der Waals surface area contributed by atoms with Crippen molar-refractivity contribution in [3.05, 3.63) is 16.6 Å². The van der Waals surface area contributed by atoms with Crippen LogP contribution < -0.4 is 0 Å². The molecule has 0 spiro atoms. The molecule has 2 heterocycles. The maximum absolute atomic E-state index is 11.3. The van der Waals surface area contributed by atoms with E-state index in [1.54, 1.807) is 5.51 Å². The van der Waals surface area contributed by atoms with Crippen molar-refractivity contribution in [3.8, 4) is 0 Å². The molecule has 0 unspecified atom stereocenters. The van der Waals surface area contributed by atoms with Crippen LogP contribution in [0.5, 0.6) is 0 Å². The van der Waals surface area contributed by atoms with Crippen molar-refractivity contribution in [3.63, 3.8) is 0 Å². The molecule has 0 amide bonds. The summed E-state index contributed by atoms with van der Waals surface area (Å²) in [6.45, 7) is 7.76. The zero-order valence-electron chi connectivity index (χ0n) is 10.4. The molecule has 0 bridgehead atoms. The molecule has 0 radical (unpaired) electrons. The highest BCUT2D eigenvalue weighted by Gasteiger charge is 2.42. The first-order chi connectivity index (χ1) is 7.89. The van der Waals surface area contributed by atoms with E-state index in [2.05, 4.69) is 30.7 Å². The summed E-state index contributed by atoms with van der Waals surface area (Å²) < 4.78 is 0. The summed E-state index contributed by atoms with van der Waals surface area (Å²) in [5, 5.41) is 11.3. The Bertz CT molecular complexity index is 397. The zero-order chi connectivity index (χ0) is 12.6. The molecule has 4 nitrogen and oxygen atoms in total. The lowest BCUT2D eigenvalue weighted by molar-refractivity contribution is -0.141. The molecule has 1 N–H and O–H groups in total. The van der Waals surface area contributed by atoms with Crippen molar-refractivity contribution in [1.82, 2.24) is 9.88 Å². The fourth-order valence-corrected chi connectivity index (χ4v) is 2.92. The fraction of sp³-hybridized carbons (Fsp3) is 0.667. The van der Waals surface area contributed by atoms with Gasteiger partial charge in [0.2, 0.25) is 0 Å². The van der Waals surface area contributed by atoms with Crippen molar-refractivity contribution in [2.24, 2.45) is 5.92 Å². The van der Waals surface area contributed by atoms with Crippen LogP contribution in [-0.2, 0) is 4.79 Å². The van der Waals surface area contributed by atoms with Gasteiger partial charge in [-0.25, -0.2) is 4.98 Å². The Hall–Kier alpha value is -0.940. The lowest BCUT2D eigenvalue weighted by Gasteiger charge is -2.31. The summed E-state index contributed by atoms with van der Waals surface area (Å²) in [7, 11) is 0. The zero-order valence-corrected chi connectivity index (χ0v) is 11.2. The highest BCUT2D eigenvalue weighted by atomic mass is 32.1. The minimum atomic E-state index is -0.713. The number of aliphatic carboxylic acids is 1. The van der Waals surface area contributed by atoms with E-state index in [9.17, 15) is 9.90 Å². The van der Waals surface area contributed by atoms with E-state index in [1.807, 2.05) is 5.38 Å². The largest absolute Gasteiger partial charge is 0.481 e. The molecule has 1 aliphatic rings. The standard InChI is InChI=1S/C12H18N2O2S/c1-12(2,3)14-4-8(9(5-14)11(15)16)10-6-17-7-13-10/h6-9H,4-5H2,1-3H3,(H,15,16)/t8-,9-/m0/s1. The number of carboxylic acids is 1. The van der Waals surface area contributed by atoms with Crippen LogP contribution in [0.1, 0.15) is 32.4 Å². The Kier molecular flexibility index (Phi) is 3.23. The minimum Gasteiger partial charge on any atom is -0.481 e. The van der Waals surface area contributed by atoms with Gasteiger partial charge < -0.3 is 5.11 Å². The van der Waals surface area contributed by atoms with E-state index in [-0.39, 0.29) is 17.4 Å². The summed E-state index contributed by atoms with van der Waals surface area (Å²) in [5.74, 6) is -1.02. The number of nitrogens with zero attached hydrogens (tertiary/aromatic N) is 2. The Morgan fingerprint density at radius 2 is 2.24 bits per heavy atom. The minimum absolute atomic E-state index is 0.0124. The summed E-state index contributed by atoms with van der Waals surface area (Å²) in [6.07, 6.45) is 0. The third-order valence-electron chi connectivity index (χ3n) is 3.42. The molecule has 0 aromatic carbocycles. The van der Waals surface area contributed by atoms with Gasteiger partial charge in [0.25, 0.3) is 0 Å². The van der Waals surface area contributed by atoms with Crippen LogP contribution in [0.2, 0.25) is 0 Å². The summed E-state index contributed by atoms with van der Waals surface area (Å²) in [4.78, 5) is 17.8. The average Bonchev–Trinajstić information content (AvgIpc) is 2.85. The van der Waals surface area contributed by atoms with Crippen molar-refractivity contribution >= 4 is 17.3 Å². The number of likely N-dealkylation sites (tertiary alicyclic amines) is 1. The van der Waals surface area contributed by atoms with E-state index < -0.39 is 5.97 Å². The molecule has 1 aliphatic heterocycles. The molecular formula is C12H18N2O2S. The summed E-state index contributed by atoms with van der Waals surface area (Å²) in [5.41, 5.74) is 2.71. The molecule has 5 heteroatoms. The molecule has 1 aromatic heterocycles. The van der Waals surface area contributed by atoms with Gasteiger partial charge in [-0.1, -0.05) is 0 Å². The van der Waals surface area contributed by atoms with Gasteiger partial charge in [-0.05, 0) is 20.8 Å². The molecule has 2 rings (SSSR count). The second-order valence-electron chi connectivity index (χ2n) is 5.54. The van der Waals surface area contributed by atoms with Gasteiger partial charge in [-0.15, -0.1) is 11.3 Å². The van der Waals surface area contributed by atoms with Crippen LogP contribution in [0, 0.1) is 5.92 Å². The Morgan fingerprint density at radius 3 is 2.71 bits per heavy atom. The number of rotatable bonds is 2. The van der Waals surface area contributed by atoms with E-state index in [4.69, 9.17) is 0 Å². The first kappa shape index (κ1) is 12.5. The van der Waals surface area contributed by atoms with Crippen LogP contribution >= 0.6 is 11.3 Å². The molecule has 0 aliphatic carbocycles. The predicted octanol–water partition coefficient (Wildman–Crippen LogP) is 2.04. The van der Waals surface area contributed by atoms with E-state index in [0.29, 0.717) is 6.54 Å². The van der Waals surface area contributed by atoms with Crippen LogP contribution in [0.3, 0.4) is 0 Å². The Balaban J connectivity index is 2.23. The average molecular weight is 254 g/mol. The van der Waals surface area contributed by atoms with Gasteiger partial charge in [0.15, 0.2) is 0 Å². The van der Waals surface area contributed by atoms with Crippen molar-refractivity contribution in [1.29, 1.82) is 0 Å². The molecule has 1 fully saturated rings. The number of carbonyl (C=O) groups is 1. The number of hydrogen-bond donors (Lipinski definition) is 1. The van der Waals surface area contributed by atoms with Crippen molar-refractivity contribution < 1.29 is 9.90 Å². The van der Waals surface area contributed by atoms with E-state index >= 15 is 0 Å². The van der Waals surface area contributed by atoms with Crippen molar-refractivity contribution in [2.45, 2.75) is 32.2 Å². The third kappa shape index (κ3) is 2.50. The van der Waals surface area contributed by atoms with Gasteiger partial charge in [0, 0.05) is 29.9 Å². The lowest BCUT2D eigenvalue weighted by Crippen LogP contribution is -2.40. The monoisotopic (exact) mass is 254 g/mol. The van der Waals surface area contributed by atoms with Gasteiger partial charge in [-0.3, -0.25) is 9.69 Å². The maximum atomic E-state index is 11.3. The van der Waals surface area contributed by atoms with Gasteiger partial charge >= 0.3 is 5.97 Å². The molecule has 1 saturated heterocycles. The predicted molar refractivity (Wildman–Crippen MR) is 67.3 cm³/mol. The molecular weight excluding hydrogens is 236 g/mol. The molecule has 2 atom stereocenters. The highest BCUT2D eigenvalue weighted by molar-refractivity contribution is 7.07. The van der Waals surface area contributed by atoms with Gasteiger partial charge in [0.05, 0.1) is 17.1 Å². The van der Waals surface area contributed by atoms with E-state index in [1.165, 1.54) is 11.3 Å². The quantitative estimate of drug-likeness (QED) is 0.877. The molecule has 0 saturated carbocycles. The molecule has 94 valence electrons. The number of thiazole rings is 1. The summed E-state index contributed by atoms with van der Waals surface area (Å²) in [6, 6.07) is 0. The lowest BCUT2D eigenvalue weighted by atomic mass is 9.94. The second-order valence-corrected chi connectivity index (χ2v) is 6.26. The SMILES string of the molecule is CC(C)(C)N1C[C@H](C(=O)O)[C@@H](c2cscn2)C1. The smallest absolute Gasteiger partial charge is 0.308 e.